The molecular formula is C33H48N6O2S2. The Morgan fingerprint density at radius 2 is 1.67 bits per heavy atom. The molecule has 0 amide bonds. The number of nitrogens with zero attached hydrogens (tertiary/aromatic N) is 5. The van der Waals surface area contributed by atoms with Crippen LogP contribution in [0.1, 0.15) is 51.5 Å². The molecule has 1 saturated carbocycles. The highest BCUT2D eigenvalue weighted by Crippen LogP contribution is 2.33. The lowest BCUT2D eigenvalue weighted by Gasteiger charge is -2.42. The monoisotopic (exact) mass is 624 g/mol. The van der Waals surface area contributed by atoms with E-state index in [2.05, 4.69) is 75.6 Å². The van der Waals surface area contributed by atoms with Crippen molar-refractivity contribution in [3.8, 4) is 11.3 Å². The summed E-state index contributed by atoms with van der Waals surface area (Å²) in [7, 11) is -3.03. The Labute approximate surface area is 262 Å². The molecule has 0 spiro atoms. The van der Waals surface area contributed by atoms with Crippen molar-refractivity contribution in [2.75, 3.05) is 70.8 Å². The number of hydrogen-bond donors (Lipinski definition) is 1. The van der Waals surface area contributed by atoms with Crippen LogP contribution in [0, 0.1) is 0 Å². The molecule has 0 radical (unpaired) electrons. The Morgan fingerprint density at radius 3 is 2.35 bits per heavy atom. The number of hydrogen-bond acceptors (Lipinski definition) is 8. The molecule has 10 heteroatoms. The van der Waals surface area contributed by atoms with Crippen molar-refractivity contribution in [2.24, 2.45) is 0 Å². The van der Waals surface area contributed by atoms with Crippen LogP contribution < -0.4 is 5.32 Å². The minimum absolute atomic E-state index is 0.0891. The second-order valence-corrected chi connectivity index (χ2v) is 15.5. The Hall–Kier alpha value is -2.08. The number of benzene rings is 1. The van der Waals surface area contributed by atoms with Gasteiger partial charge in [0.15, 0.2) is 0 Å². The minimum atomic E-state index is -3.03. The van der Waals surface area contributed by atoms with Crippen molar-refractivity contribution in [1.29, 1.82) is 0 Å². The highest BCUT2D eigenvalue weighted by Gasteiger charge is 2.41. The van der Waals surface area contributed by atoms with Crippen LogP contribution in [0.4, 0.5) is 5.69 Å². The summed E-state index contributed by atoms with van der Waals surface area (Å²) < 4.78 is 28.1. The Kier molecular flexibility index (Phi) is 10.0. The number of thiophene rings is 1. The first-order valence-electron chi connectivity index (χ1n) is 16.3. The molecule has 2 aliphatic heterocycles. The molecule has 43 heavy (non-hydrogen) atoms. The predicted molar refractivity (Wildman–Crippen MR) is 179 cm³/mol. The lowest BCUT2D eigenvalue weighted by Crippen LogP contribution is -2.54. The number of rotatable bonds is 13. The molecule has 6 rings (SSSR count). The Morgan fingerprint density at radius 1 is 0.953 bits per heavy atom. The zero-order valence-electron chi connectivity index (χ0n) is 25.9. The van der Waals surface area contributed by atoms with Gasteiger partial charge in [0.25, 0.3) is 0 Å². The maximum absolute atomic E-state index is 12.6. The first-order valence-corrected chi connectivity index (χ1v) is 18.7. The molecule has 3 aromatic rings. The normalized spacial score (nSPS) is 19.9. The topological polar surface area (TPSA) is 72.0 Å². The highest BCUT2D eigenvalue weighted by atomic mass is 32.2. The number of anilines is 1. The summed E-state index contributed by atoms with van der Waals surface area (Å²) >= 11 is 1.76. The van der Waals surface area contributed by atoms with Crippen LogP contribution in [0.3, 0.4) is 0 Å². The maximum atomic E-state index is 12.6. The van der Waals surface area contributed by atoms with E-state index in [0.29, 0.717) is 19.1 Å². The van der Waals surface area contributed by atoms with Gasteiger partial charge in [-0.25, -0.2) is 13.4 Å². The highest BCUT2D eigenvalue weighted by molar-refractivity contribution is 7.90. The number of pyridine rings is 1. The third kappa shape index (κ3) is 7.43. The molecule has 1 N–H and O–H groups in total. The van der Waals surface area contributed by atoms with E-state index in [1.54, 1.807) is 15.6 Å². The number of piperidine rings is 1. The van der Waals surface area contributed by atoms with E-state index in [-0.39, 0.29) is 5.25 Å². The van der Waals surface area contributed by atoms with Gasteiger partial charge in [-0.15, -0.1) is 11.3 Å². The summed E-state index contributed by atoms with van der Waals surface area (Å²) in [5.41, 5.74) is 5.77. The van der Waals surface area contributed by atoms with Gasteiger partial charge < -0.3 is 10.2 Å². The minimum Gasteiger partial charge on any atom is -0.384 e. The number of aromatic nitrogens is 1. The molecule has 3 fully saturated rings. The third-order valence-corrected chi connectivity index (χ3v) is 12.9. The van der Waals surface area contributed by atoms with Crippen LogP contribution in [0.15, 0.2) is 41.8 Å². The van der Waals surface area contributed by atoms with Gasteiger partial charge in [-0.1, -0.05) is 38.1 Å². The molecule has 0 atom stereocenters. The van der Waals surface area contributed by atoms with E-state index in [4.69, 9.17) is 4.98 Å². The quantitative estimate of drug-likeness (QED) is 0.263. The number of piperazine rings is 1. The molecule has 234 valence electrons. The lowest BCUT2D eigenvalue weighted by molar-refractivity contribution is 0.0809. The van der Waals surface area contributed by atoms with E-state index >= 15 is 0 Å². The largest absolute Gasteiger partial charge is 0.384 e. The van der Waals surface area contributed by atoms with Crippen LogP contribution >= 0.6 is 11.3 Å². The van der Waals surface area contributed by atoms with Crippen LogP contribution in [0.2, 0.25) is 0 Å². The van der Waals surface area contributed by atoms with Crippen LogP contribution in [0.5, 0.6) is 0 Å². The first-order chi connectivity index (χ1) is 20.9. The van der Waals surface area contributed by atoms with Crippen LogP contribution in [-0.4, -0.2) is 109 Å². The molecule has 8 nitrogen and oxygen atoms in total. The van der Waals surface area contributed by atoms with E-state index in [0.717, 1.165) is 94.9 Å². The van der Waals surface area contributed by atoms with Crippen LogP contribution in [-0.2, 0) is 16.6 Å². The lowest BCUT2D eigenvalue weighted by atomic mass is 10.0. The van der Waals surface area contributed by atoms with Crippen molar-refractivity contribution in [3.63, 3.8) is 0 Å². The van der Waals surface area contributed by atoms with Gasteiger partial charge in [0.1, 0.15) is 0 Å². The fourth-order valence-corrected chi connectivity index (χ4v) is 9.31. The third-order valence-electron chi connectivity index (χ3n) is 9.58. The van der Waals surface area contributed by atoms with E-state index < -0.39 is 10.0 Å². The van der Waals surface area contributed by atoms with Gasteiger partial charge in [-0.3, -0.25) is 9.80 Å². The Bertz CT molecular complexity index is 1440. The molecule has 4 heterocycles. The standard InChI is InChI=1S/C33H48N6O2S2/c1-3-36(4-2)25-26-6-8-27(9-7-26)31-24-32(33-30(35-31)14-23-42-33)34-15-5-16-37-17-12-28(13-18-37)38-19-21-39(22-20-38)43(40,41)29-10-11-29/h6-9,14,23-24,28-29H,3-5,10-13,15-22,25H2,1-2H3,(H,34,35). The molecule has 0 unspecified atom stereocenters. The van der Waals surface area contributed by atoms with Crippen molar-refractivity contribution in [2.45, 2.75) is 63.8 Å². The van der Waals surface area contributed by atoms with Crippen molar-refractivity contribution < 1.29 is 8.42 Å². The molecular weight excluding hydrogens is 577 g/mol. The van der Waals surface area contributed by atoms with Crippen molar-refractivity contribution in [1.82, 2.24) is 24.0 Å². The van der Waals surface area contributed by atoms with Gasteiger partial charge in [-0.2, -0.15) is 4.31 Å². The fraction of sp³-hybridized carbons (Fsp3) is 0.606. The van der Waals surface area contributed by atoms with E-state index in [1.807, 2.05) is 0 Å². The van der Waals surface area contributed by atoms with Gasteiger partial charge in [0.2, 0.25) is 10.0 Å². The number of sulfonamides is 1. The average Bonchev–Trinajstić information content (AvgIpc) is 3.81. The summed E-state index contributed by atoms with van der Waals surface area (Å²) in [6.07, 6.45) is 5.17. The van der Waals surface area contributed by atoms with Gasteiger partial charge >= 0.3 is 0 Å². The van der Waals surface area contributed by atoms with Crippen molar-refractivity contribution in [3.05, 3.63) is 47.3 Å². The van der Waals surface area contributed by atoms with E-state index in [1.165, 1.54) is 28.8 Å². The van der Waals surface area contributed by atoms with E-state index in [9.17, 15) is 8.42 Å². The molecule has 2 aromatic heterocycles. The fourth-order valence-electron chi connectivity index (χ4n) is 6.66. The summed E-state index contributed by atoms with van der Waals surface area (Å²) in [4.78, 5) is 12.6. The second kappa shape index (κ2) is 13.9. The average molecular weight is 625 g/mol. The van der Waals surface area contributed by atoms with Crippen LogP contribution in [0.25, 0.3) is 21.5 Å². The molecule has 0 bridgehead atoms. The van der Waals surface area contributed by atoms with Crippen molar-refractivity contribution >= 4 is 37.3 Å². The molecule has 1 aliphatic carbocycles. The number of fused-ring (bicyclic) bond motifs is 1. The number of nitrogens with one attached hydrogen (secondary N) is 1. The van der Waals surface area contributed by atoms with Gasteiger partial charge in [0.05, 0.1) is 26.8 Å². The smallest absolute Gasteiger partial charge is 0.217 e. The summed E-state index contributed by atoms with van der Waals surface area (Å²) in [5, 5.41) is 5.79. The zero-order chi connectivity index (χ0) is 29.8. The molecule has 2 saturated heterocycles. The summed E-state index contributed by atoms with van der Waals surface area (Å²) in [5.74, 6) is 0. The molecule has 3 aliphatic rings. The maximum Gasteiger partial charge on any atom is 0.217 e. The first kappa shape index (κ1) is 30.9. The molecule has 1 aromatic carbocycles. The summed E-state index contributed by atoms with van der Waals surface area (Å²) in [6.45, 7) is 14.9. The summed E-state index contributed by atoms with van der Waals surface area (Å²) in [6, 6.07) is 13.8. The number of likely N-dealkylation sites (tertiary alicyclic amines) is 1. The zero-order valence-corrected chi connectivity index (χ0v) is 27.5. The van der Waals surface area contributed by atoms with Gasteiger partial charge in [0, 0.05) is 50.9 Å². The van der Waals surface area contributed by atoms with Gasteiger partial charge in [-0.05, 0) is 87.9 Å². The second-order valence-electron chi connectivity index (χ2n) is 12.4. The SMILES string of the molecule is CCN(CC)Cc1ccc(-c2cc(NCCCN3CCC(N4CCN(S(=O)(=O)C5CC5)CC4)CC3)c3sccc3n2)cc1. The Balaban J connectivity index is 0.963. The predicted octanol–water partition coefficient (Wildman–Crippen LogP) is 5.18.